The largest absolute Gasteiger partial charge is 0.463 e. The maximum Gasteiger partial charge on any atom is 0.329 e. The molecule has 12 nitrogen and oxygen atoms in total. The van der Waals surface area contributed by atoms with Crippen molar-refractivity contribution in [1.82, 2.24) is 9.97 Å². The molecule has 2 saturated heterocycles. The minimum Gasteiger partial charge on any atom is -0.463 e. The number of nitrogens with two attached hydrogens (primary N) is 1. The van der Waals surface area contributed by atoms with E-state index in [0.717, 1.165) is 6.20 Å². The van der Waals surface area contributed by atoms with Crippen LogP contribution >= 0.6 is 0 Å². The zero-order valence-electron chi connectivity index (χ0n) is 14.4. The van der Waals surface area contributed by atoms with E-state index in [1.165, 1.54) is 6.92 Å². The van der Waals surface area contributed by atoms with E-state index in [4.69, 9.17) is 24.7 Å². The third-order valence-electron chi connectivity index (χ3n) is 3.87. The van der Waals surface area contributed by atoms with E-state index in [2.05, 4.69) is 15.3 Å². The zero-order valence-corrected chi connectivity index (χ0v) is 14.4. The first-order valence-corrected chi connectivity index (χ1v) is 7.84. The maximum absolute atomic E-state index is 11.1. The highest BCUT2D eigenvalue weighted by Crippen LogP contribution is 2.39. The molecule has 3 heterocycles. The Morgan fingerprint density at radius 2 is 2.15 bits per heavy atom. The Morgan fingerprint density at radius 3 is 2.77 bits per heavy atom. The number of rotatable bonds is 5. The molecule has 3 rings (SSSR count). The number of anilines is 2. The first-order valence-electron chi connectivity index (χ1n) is 7.84. The van der Waals surface area contributed by atoms with Gasteiger partial charge in [0.2, 0.25) is 11.8 Å². The lowest BCUT2D eigenvalue weighted by molar-refractivity contribution is -0.384. The van der Waals surface area contributed by atoms with Gasteiger partial charge in [-0.25, -0.2) is 4.98 Å². The second-order valence-electron chi connectivity index (χ2n) is 6.33. The van der Waals surface area contributed by atoms with Gasteiger partial charge >= 0.3 is 11.7 Å². The van der Waals surface area contributed by atoms with Crippen molar-refractivity contribution in [1.29, 1.82) is 0 Å². The van der Waals surface area contributed by atoms with Crippen molar-refractivity contribution >= 4 is 23.4 Å². The Kier molecular flexibility index (Phi) is 4.64. The molecule has 0 spiro atoms. The number of hydrogen-bond donors (Lipinski definition) is 2. The summed E-state index contributed by atoms with van der Waals surface area (Å²) in [7, 11) is 0. The minimum atomic E-state index is -0.844. The van der Waals surface area contributed by atoms with Crippen LogP contribution in [-0.4, -0.2) is 57.8 Å². The zero-order chi connectivity index (χ0) is 19.1. The smallest absolute Gasteiger partial charge is 0.329 e. The molecule has 0 saturated carbocycles. The summed E-state index contributed by atoms with van der Waals surface area (Å²) in [6.45, 7) is 4.81. The molecule has 12 heteroatoms. The Balaban J connectivity index is 1.75. The molecule has 1 aromatic heterocycles. The standard InChI is InChI=1S/C14H19N5O7/c1-6(20)23-5-8-9-10(26-14(2,3)25-9)12(24-8)18-13-16-4-7(19(21)22)11(15)17-13/h4,8-10,12H,5H2,1-3H3,(H3,15,16,17,18)/t8-,9-,10-,12-/m1/s1. The maximum atomic E-state index is 11.1. The highest BCUT2D eigenvalue weighted by Gasteiger charge is 2.55. The predicted octanol–water partition coefficient (Wildman–Crippen LogP) is 0.187. The number of nitro groups is 1. The summed E-state index contributed by atoms with van der Waals surface area (Å²) in [6.07, 6.45) is -1.27. The van der Waals surface area contributed by atoms with Crippen molar-refractivity contribution in [3.8, 4) is 0 Å². The van der Waals surface area contributed by atoms with Crippen molar-refractivity contribution in [3.05, 3.63) is 16.3 Å². The van der Waals surface area contributed by atoms with Crippen LogP contribution < -0.4 is 11.1 Å². The van der Waals surface area contributed by atoms with Crippen LogP contribution in [-0.2, 0) is 23.7 Å². The van der Waals surface area contributed by atoms with Crippen molar-refractivity contribution in [2.75, 3.05) is 17.7 Å². The van der Waals surface area contributed by atoms with Crippen LogP contribution in [0.25, 0.3) is 0 Å². The lowest BCUT2D eigenvalue weighted by Gasteiger charge is -2.24. The number of hydrogen-bond acceptors (Lipinski definition) is 11. The van der Waals surface area contributed by atoms with Gasteiger partial charge in [0.25, 0.3) is 0 Å². The van der Waals surface area contributed by atoms with Gasteiger partial charge in [0.05, 0.1) is 4.92 Å². The molecule has 142 valence electrons. The van der Waals surface area contributed by atoms with Crippen molar-refractivity contribution < 1.29 is 28.7 Å². The fraction of sp³-hybridized carbons (Fsp3) is 0.643. The van der Waals surface area contributed by atoms with E-state index in [-0.39, 0.29) is 18.4 Å². The molecule has 3 N–H and O–H groups in total. The van der Waals surface area contributed by atoms with Crippen LogP contribution in [0.2, 0.25) is 0 Å². The van der Waals surface area contributed by atoms with Gasteiger partial charge in [-0.3, -0.25) is 14.9 Å². The van der Waals surface area contributed by atoms with E-state index in [9.17, 15) is 14.9 Å². The van der Waals surface area contributed by atoms with Crippen molar-refractivity contribution in [3.63, 3.8) is 0 Å². The van der Waals surface area contributed by atoms with E-state index < -0.39 is 46.9 Å². The van der Waals surface area contributed by atoms with Gasteiger partial charge < -0.3 is 30.0 Å². The number of ether oxygens (including phenoxy) is 4. The van der Waals surface area contributed by atoms with Crippen LogP contribution in [0.5, 0.6) is 0 Å². The Bertz CT molecular complexity index is 728. The fourth-order valence-electron chi connectivity index (χ4n) is 2.86. The number of carbonyl (C=O) groups is 1. The van der Waals surface area contributed by atoms with E-state index in [0.29, 0.717) is 0 Å². The molecule has 0 unspecified atom stereocenters. The molecule has 26 heavy (non-hydrogen) atoms. The molecule has 2 fully saturated rings. The highest BCUT2D eigenvalue weighted by molar-refractivity contribution is 5.65. The van der Waals surface area contributed by atoms with Crippen LogP contribution in [0.4, 0.5) is 17.5 Å². The summed E-state index contributed by atoms with van der Waals surface area (Å²) in [5.41, 5.74) is 5.17. The second kappa shape index (κ2) is 6.63. The van der Waals surface area contributed by atoms with Gasteiger partial charge in [-0.05, 0) is 13.8 Å². The Morgan fingerprint density at radius 1 is 1.46 bits per heavy atom. The Labute approximate surface area is 148 Å². The molecule has 1 aromatic rings. The van der Waals surface area contributed by atoms with Gasteiger partial charge in [-0.15, -0.1) is 0 Å². The monoisotopic (exact) mass is 369 g/mol. The molecular formula is C14H19N5O7. The third kappa shape index (κ3) is 3.66. The van der Waals surface area contributed by atoms with E-state index in [1.54, 1.807) is 13.8 Å². The lowest BCUT2D eigenvalue weighted by Crippen LogP contribution is -2.35. The number of aromatic nitrogens is 2. The summed E-state index contributed by atoms with van der Waals surface area (Å²) in [6, 6.07) is 0. The van der Waals surface area contributed by atoms with Gasteiger partial charge in [-0.1, -0.05) is 0 Å². The number of fused-ring (bicyclic) bond motifs is 1. The van der Waals surface area contributed by atoms with Crippen LogP contribution in [0, 0.1) is 10.1 Å². The average molecular weight is 369 g/mol. The fourth-order valence-corrected chi connectivity index (χ4v) is 2.86. The molecule has 0 bridgehead atoms. The highest BCUT2D eigenvalue weighted by atomic mass is 16.8. The summed E-state index contributed by atoms with van der Waals surface area (Å²) >= 11 is 0. The Hall–Kier alpha value is -2.57. The minimum absolute atomic E-state index is 0.00260. The summed E-state index contributed by atoms with van der Waals surface area (Å²) in [5.74, 6) is -1.52. The molecule has 4 atom stereocenters. The summed E-state index contributed by atoms with van der Waals surface area (Å²) in [5, 5.41) is 13.7. The van der Waals surface area contributed by atoms with Gasteiger partial charge in [-0.2, -0.15) is 4.98 Å². The van der Waals surface area contributed by atoms with Crippen LogP contribution in [0.15, 0.2) is 6.20 Å². The lowest BCUT2D eigenvalue weighted by atomic mass is 10.1. The topological polar surface area (TPSA) is 161 Å². The molecule has 2 aliphatic rings. The summed E-state index contributed by atoms with van der Waals surface area (Å²) in [4.78, 5) is 28.9. The number of nitrogens with zero attached hydrogens (tertiary/aromatic N) is 3. The summed E-state index contributed by atoms with van der Waals surface area (Å²) < 4.78 is 22.5. The normalized spacial score (nSPS) is 29.2. The second-order valence-corrected chi connectivity index (χ2v) is 6.33. The first-order chi connectivity index (χ1) is 12.2. The van der Waals surface area contributed by atoms with Crippen molar-refractivity contribution in [2.24, 2.45) is 0 Å². The number of nitrogen functional groups attached to an aromatic ring is 1. The number of nitrogens with one attached hydrogen (secondary N) is 1. The SMILES string of the molecule is CC(=O)OC[C@H]1O[C@@H](Nc2ncc([N+](=O)[O-])c(N)n2)[C@@H]2OC(C)(C)O[C@@H]21. The molecular weight excluding hydrogens is 350 g/mol. The van der Waals surface area contributed by atoms with E-state index >= 15 is 0 Å². The van der Waals surface area contributed by atoms with Gasteiger partial charge in [0.1, 0.15) is 31.1 Å². The van der Waals surface area contributed by atoms with E-state index in [1.807, 2.05) is 0 Å². The molecule has 0 aromatic carbocycles. The van der Waals surface area contributed by atoms with Crippen molar-refractivity contribution in [2.45, 2.75) is 51.1 Å². The number of esters is 1. The quantitative estimate of drug-likeness (QED) is 0.414. The molecule has 0 aliphatic carbocycles. The van der Waals surface area contributed by atoms with Gasteiger partial charge in [0.15, 0.2) is 12.0 Å². The first kappa shape index (κ1) is 18.2. The number of carbonyl (C=O) groups excluding carboxylic acids is 1. The third-order valence-corrected chi connectivity index (χ3v) is 3.87. The predicted molar refractivity (Wildman–Crippen MR) is 85.8 cm³/mol. The van der Waals surface area contributed by atoms with Gasteiger partial charge in [0, 0.05) is 6.92 Å². The molecule has 2 aliphatic heterocycles. The molecule has 0 radical (unpaired) electrons. The van der Waals surface area contributed by atoms with Crippen LogP contribution in [0.1, 0.15) is 20.8 Å². The average Bonchev–Trinajstić information content (AvgIpc) is 2.99. The van der Waals surface area contributed by atoms with Crippen LogP contribution in [0.3, 0.4) is 0 Å². The molecule has 0 amide bonds.